The summed E-state index contributed by atoms with van der Waals surface area (Å²) in [6, 6.07) is 9.41. The van der Waals surface area contributed by atoms with E-state index in [4.69, 9.17) is 4.42 Å². The van der Waals surface area contributed by atoms with Crippen molar-refractivity contribution in [1.82, 2.24) is 15.3 Å². The molecule has 3 aromatic rings. The first-order valence-corrected chi connectivity index (χ1v) is 8.28. The summed E-state index contributed by atoms with van der Waals surface area (Å²) < 4.78 is 5.77. The molecule has 25 heavy (non-hydrogen) atoms. The molecule has 1 unspecified atom stereocenters. The van der Waals surface area contributed by atoms with Gasteiger partial charge < -0.3 is 14.7 Å². The Morgan fingerprint density at radius 3 is 2.80 bits per heavy atom. The van der Waals surface area contributed by atoms with Crippen LogP contribution in [0.1, 0.15) is 42.2 Å². The standard InChI is InChI=1S/C19H21N3O3/c1-11-15(19(24)22-13(3)20-11)8-9-18(23)21-12(2)17-10-14-6-4-5-7-16(14)25-17/h4-7,10,12H,8-9H2,1-3H3,(H,21,23)(H,20,22,24). The second kappa shape index (κ2) is 6.93. The quantitative estimate of drug-likeness (QED) is 0.748. The zero-order valence-corrected chi connectivity index (χ0v) is 14.6. The fraction of sp³-hybridized carbons (Fsp3) is 0.316. The van der Waals surface area contributed by atoms with Crippen molar-refractivity contribution in [3.8, 4) is 0 Å². The smallest absolute Gasteiger partial charge is 0.254 e. The number of H-pyrrole nitrogens is 1. The molecule has 0 fully saturated rings. The number of carbonyl (C=O) groups is 1. The molecule has 1 atom stereocenters. The minimum Gasteiger partial charge on any atom is -0.459 e. The van der Waals surface area contributed by atoms with Crippen LogP contribution in [0, 0.1) is 13.8 Å². The van der Waals surface area contributed by atoms with Crippen molar-refractivity contribution in [3.63, 3.8) is 0 Å². The molecule has 0 aliphatic heterocycles. The van der Waals surface area contributed by atoms with E-state index < -0.39 is 0 Å². The average Bonchev–Trinajstić information content (AvgIpc) is 2.98. The molecule has 0 aliphatic carbocycles. The molecule has 2 N–H and O–H groups in total. The highest BCUT2D eigenvalue weighted by atomic mass is 16.3. The molecule has 0 saturated heterocycles. The van der Waals surface area contributed by atoms with Crippen LogP contribution in [0.15, 0.2) is 39.5 Å². The van der Waals surface area contributed by atoms with Crippen LogP contribution in [0.2, 0.25) is 0 Å². The lowest BCUT2D eigenvalue weighted by molar-refractivity contribution is -0.121. The van der Waals surface area contributed by atoms with E-state index in [9.17, 15) is 9.59 Å². The number of hydrogen-bond acceptors (Lipinski definition) is 4. The Labute approximate surface area is 145 Å². The maximum atomic E-state index is 12.2. The Morgan fingerprint density at radius 1 is 1.32 bits per heavy atom. The summed E-state index contributed by atoms with van der Waals surface area (Å²) in [5.41, 5.74) is 1.84. The number of aromatic amines is 1. The number of nitrogens with one attached hydrogen (secondary N) is 2. The number of rotatable bonds is 5. The molecule has 3 rings (SSSR count). The van der Waals surface area contributed by atoms with Gasteiger partial charge in [0, 0.05) is 23.1 Å². The predicted molar refractivity (Wildman–Crippen MR) is 95.4 cm³/mol. The van der Waals surface area contributed by atoms with Crippen LogP contribution in [0.25, 0.3) is 11.0 Å². The van der Waals surface area contributed by atoms with Gasteiger partial charge in [0.1, 0.15) is 17.2 Å². The Balaban J connectivity index is 1.63. The van der Waals surface area contributed by atoms with E-state index in [0.29, 0.717) is 29.3 Å². The van der Waals surface area contributed by atoms with Gasteiger partial charge in [-0.15, -0.1) is 0 Å². The van der Waals surface area contributed by atoms with Gasteiger partial charge >= 0.3 is 0 Å². The lowest BCUT2D eigenvalue weighted by Crippen LogP contribution is -2.27. The van der Waals surface area contributed by atoms with Crippen LogP contribution < -0.4 is 10.9 Å². The van der Waals surface area contributed by atoms with Gasteiger partial charge in [0.25, 0.3) is 5.56 Å². The highest BCUT2D eigenvalue weighted by molar-refractivity contribution is 5.79. The van der Waals surface area contributed by atoms with E-state index in [1.165, 1.54) is 0 Å². The third kappa shape index (κ3) is 3.79. The van der Waals surface area contributed by atoms with Crippen molar-refractivity contribution in [2.24, 2.45) is 0 Å². The first-order chi connectivity index (χ1) is 11.9. The van der Waals surface area contributed by atoms with Crippen LogP contribution in [-0.4, -0.2) is 15.9 Å². The van der Waals surface area contributed by atoms with Gasteiger partial charge in [-0.2, -0.15) is 0 Å². The van der Waals surface area contributed by atoms with Gasteiger partial charge in [0.05, 0.1) is 6.04 Å². The number of amides is 1. The summed E-state index contributed by atoms with van der Waals surface area (Å²) in [7, 11) is 0. The number of fused-ring (bicyclic) bond motifs is 1. The van der Waals surface area contributed by atoms with Gasteiger partial charge in [-0.05, 0) is 39.3 Å². The molecular weight excluding hydrogens is 318 g/mol. The Morgan fingerprint density at radius 2 is 2.08 bits per heavy atom. The molecule has 1 aromatic carbocycles. The molecule has 6 heteroatoms. The van der Waals surface area contributed by atoms with E-state index in [2.05, 4.69) is 15.3 Å². The Hall–Kier alpha value is -2.89. The minimum absolute atomic E-state index is 0.132. The molecule has 0 bridgehead atoms. The molecule has 130 valence electrons. The normalized spacial score (nSPS) is 12.3. The Kier molecular flexibility index (Phi) is 4.70. The lowest BCUT2D eigenvalue weighted by Gasteiger charge is -2.11. The van der Waals surface area contributed by atoms with E-state index in [-0.39, 0.29) is 23.9 Å². The summed E-state index contributed by atoms with van der Waals surface area (Å²) >= 11 is 0. The van der Waals surface area contributed by atoms with E-state index in [1.54, 1.807) is 13.8 Å². The molecule has 1 amide bonds. The monoisotopic (exact) mass is 339 g/mol. The first-order valence-electron chi connectivity index (χ1n) is 8.28. The average molecular weight is 339 g/mol. The molecule has 0 saturated carbocycles. The van der Waals surface area contributed by atoms with Crippen LogP contribution in [0.3, 0.4) is 0 Å². The predicted octanol–water partition coefficient (Wildman–Crippen LogP) is 2.94. The van der Waals surface area contributed by atoms with Gasteiger partial charge in [-0.25, -0.2) is 4.98 Å². The maximum Gasteiger partial charge on any atom is 0.254 e. The second-order valence-corrected chi connectivity index (χ2v) is 6.19. The number of aromatic nitrogens is 2. The molecule has 6 nitrogen and oxygen atoms in total. The summed E-state index contributed by atoms with van der Waals surface area (Å²) in [5.74, 6) is 1.15. The van der Waals surface area contributed by atoms with Crippen LogP contribution in [0.4, 0.5) is 0 Å². The molecular formula is C19H21N3O3. The van der Waals surface area contributed by atoms with Gasteiger partial charge in [-0.1, -0.05) is 18.2 Å². The number of carbonyl (C=O) groups excluding carboxylic acids is 1. The van der Waals surface area contributed by atoms with Crippen molar-refractivity contribution in [2.75, 3.05) is 0 Å². The van der Waals surface area contributed by atoms with Crippen molar-refractivity contribution >= 4 is 16.9 Å². The van der Waals surface area contributed by atoms with Crippen LogP contribution >= 0.6 is 0 Å². The molecule has 0 aliphatic rings. The largest absolute Gasteiger partial charge is 0.459 e. The SMILES string of the molecule is Cc1nc(C)c(CCC(=O)NC(C)c2cc3ccccc3o2)c(=O)[nH]1. The third-order valence-corrected chi connectivity index (χ3v) is 4.19. The van der Waals surface area contributed by atoms with E-state index in [0.717, 1.165) is 11.0 Å². The second-order valence-electron chi connectivity index (χ2n) is 6.19. The lowest BCUT2D eigenvalue weighted by atomic mass is 10.1. The Bertz CT molecular complexity index is 938. The van der Waals surface area contributed by atoms with Gasteiger partial charge in [0.15, 0.2) is 0 Å². The number of furan rings is 1. The third-order valence-electron chi connectivity index (χ3n) is 4.19. The van der Waals surface area contributed by atoms with Crippen molar-refractivity contribution < 1.29 is 9.21 Å². The number of benzene rings is 1. The maximum absolute atomic E-state index is 12.2. The van der Waals surface area contributed by atoms with Gasteiger partial charge in [-0.3, -0.25) is 9.59 Å². The van der Waals surface area contributed by atoms with Crippen molar-refractivity contribution in [1.29, 1.82) is 0 Å². The van der Waals surface area contributed by atoms with Gasteiger partial charge in [0.2, 0.25) is 5.91 Å². The van der Waals surface area contributed by atoms with Crippen molar-refractivity contribution in [3.05, 3.63) is 63.5 Å². The zero-order valence-electron chi connectivity index (χ0n) is 14.6. The molecule has 2 aromatic heterocycles. The number of aryl methyl sites for hydroxylation is 2. The summed E-state index contributed by atoms with van der Waals surface area (Å²) in [5, 5.41) is 3.92. The molecule has 0 spiro atoms. The van der Waals surface area contributed by atoms with Crippen LogP contribution in [-0.2, 0) is 11.2 Å². The number of hydrogen-bond donors (Lipinski definition) is 2. The topological polar surface area (TPSA) is 88.0 Å². The summed E-state index contributed by atoms with van der Waals surface area (Å²) in [4.78, 5) is 31.1. The zero-order chi connectivity index (χ0) is 18.0. The van der Waals surface area contributed by atoms with Crippen LogP contribution in [0.5, 0.6) is 0 Å². The highest BCUT2D eigenvalue weighted by Crippen LogP contribution is 2.23. The molecule has 0 radical (unpaired) electrons. The number of nitrogens with zero attached hydrogens (tertiary/aromatic N) is 1. The minimum atomic E-state index is -0.240. The fourth-order valence-corrected chi connectivity index (χ4v) is 2.88. The molecule has 2 heterocycles. The highest BCUT2D eigenvalue weighted by Gasteiger charge is 2.15. The van der Waals surface area contributed by atoms with E-state index in [1.807, 2.05) is 37.3 Å². The van der Waals surface area contributed by atoms with Crippen molar-refractivity contribution in [2.45, 2.75) is 39.7 Å². The summed E-state index contributed by atoms with van der Waals surface area (Å²) in [6.45, 7) is 5.40. The van der Waals surface area contributed by atoms with E-state index >= 15 is 0 Å². The first kappa shape index (κ1) is 17.0. The summed E-state index contributed by atoms with van der Waals surface area (Å²) in [6.07, 6.45) is 0.576. The number of para-hydroxylation sites is 1. The fourth-order valence-electron chi connectivity index (χ4n) is 2.88.